The van der Waals surface area contributed by atoms with Gasteiger partial charge in [0.1, 0.15) is 5.78 Å². The molecule has 0 unspecified atom stereocenters. The number of carbonyl (C=O) groups is 2. The maximum Gasteiger partial charge on any atom is 0.368 e. The Kier molecular flexibility index (Phi) is 4.14. The fourth-order valence-electron chi connectivity index (χ4n) is 0.494. The number of hydrogen-bond donors (Lipinski definition) is 1. The molecule has 0 radical (unpaired) electrons. The van der Waals surface area contributed by atoms with Crippen LogP contribution in [0.4, 0.5) is 0 Å². The van der Waals surface area contributed by atoms with E-state index in [1.165, 1.54) is 6.92 Å². The Morgan fingerprint density at radius 1 is 1.45 bits per heavy atom. The van der Waals surface area contributed by atoms with Gasteiger partial charge in [-0.1, -0.05) is 6.58 Å². The minimum Gasteiger partial charge on any atom is -0.300 e. The summed E-state index contributed by atoms with van der Waals surface area (Å²) in [5.74, 6) is -0.914. The van der Waals surface area contributed by atoms with Gasteiger partial charge in [-0.2, -0.15) is 5.26 Å². The minimum absolute atomic E-state index is 0.0307. The Hall–Kier alpha value is -1.16. The van der Waals surface area contributed by atoms with Crippen LogP contribution < -0.4 is 0 Å². The van der Waals surface area contributed by atoms with E-state index in [1.54, 1.807) is 0 Å². The predicted molar refractivity (Wildman–Crippen MR) is 37.8 cm³/mol. The van der Waals surface area contributed by atoms with Crippen LogP contribution in [0.25, 0.3) is 0 Å². The van der Waals surface area contributed by atoms with Crippen molar-refractivity contribution in [2.24, 2.45) is 0 Å². The topological polar surface area (TPSA) is 63.6 Å². The average Bonchev–Trinajstić information content (AvgIpc) is 1.98. The van der Waals surface area contributed by atoms with Crippen molar-refractivity contribution in [3.8, 4) is 0 Å². The largest absolute Gasteiger partial charge is 0.368 e. The molecule has 0 saturated heterocycles. The van der Waals surface area contributed by atoms with Gasteiger partial charge in [-0.25, -0.2) is 4.79 Å². The molecule has 0 aliphatic rings. The lowest BCUT2D eigenvalue weighted by Gasteiger charge is -1.97. The molecule has 0 aliphatic carbocycles. The highest BCUT2D eigenvalue weighted by atomic mass is 17.1. The lowest BCUT2D eigenvalue weighted by atomic mass is 10.1. The monoisotopic (exact) mass is 158 g/mol. The van der Waals surface area contributed by atoms with E-state index in [1.807, 2.05) is 0 Å². The first-order chi connectivity index (χ1) is 5.07. The van der Waals surface area contributed by atoms with E-state index >= 15 is 0 Å². The van der Waals surface area contributed by atoms with Crippen LogP contribution in [-0.4, -0.2) is 17.0 Å². The highest BCUT2D eigenvalue weighted by Gasteiger charge is 2.08. The van der Waals surface area contributed by atoms with Crippen molar-refractivity contribution in [2.45, 2.75) is 19.8 Å². The second-order valence-corrected chi connectivity index (χ2v) is 2.18. The average molecular weight is 158 g/mol. The summed E-state index contributed by atoms with van der Waals surface area (Å²) in [6, 6.07) is 0. The summed E-state index contributed by atoms with van der Waals surface area (Å²) < 4.78 is 0. The predicted octanol–water partition coefficient (Wildman–Crippen LogP) is 0.928. The normalized spacial score (nSPS) is 8.91. The van der Waals surface area contributed by atoms with Gasteiger partial charge in [0, 0.05) is 12.0 Å². The van der Waals surface area contributed by atoms with Crippen LogP contribution in [0.2, 0.25) is 0 Å². The van der Waals surface area contributed by atoms with E-state index in [0.29, 0.717) is 0 Å². The molecule has 62 valence electrons. The van der Waals surface area contributed by atoms with Crippen LogP contribution in [-0.2, 0) is 14.5 Å². The molecule has 4 nitrogen and oxygen atoms in total. The van der Waals surface area contributed by atoms with Gasteiger partial charge in [0.05, 0.1) is 0 Å². The third kappa shape index (κ3) is 4.27. The molecule has 0 aromatic rings. The highest BCUT2D eigenvalue weighted by Crippen LogP contribution is 2.03. The van der Waals surface area contributed by atoms with Crippen molar-refractivity contribution in [1.82, 2.24) is 0 Å². The van der Waals surface area contributed by atoms with Gasteiger partial charge in [-0.15, -0.1) is 0 Å². The first kappa shape index (κ1) is 9.84. The lowest BCUT2D eigenvalue weighted by molar-refractivity contribution is -0.229. The third-order valence-electron chi connectivity index (χ3n) is 1.15. The standard InChI is InChI=1S/C7H10O4/c1-5(7(9)11-10)3-4-6(2)8/h10H,1,3-4H2,2H3. The summed E-state index contributed by atoms with van der Waals surface area (Å²) in [5.41, 5.74) is 0.0997. The van der Waals surface area contributed by atoms with Gasteiger partial charge < -0.3 is 4.79 Å². The molecule has 0 fully saturated rings. The van der Waals surface area contributed by atoms with Crippen LogP contribution in [0.5, 0.6) is 0 Å². The number of carbonyl (C=O) groups excluding carboxylic acids is 2. The molecule has 1 N–H and O–H groups in total. The second kappa shape index (κ2) is 4.62. The number of Topliss-reactive ketones (excluding diaryl/α,β-unsaturated/α-hetero) is 1. The Balaban J connectivity index is 3.70. The molecule has 0 bridgehead atoms. The maximum atomic E-state index is 10.4. The van der Waals surface area contributed by atoms with Crippen molar-refractivity contribution in [3.63, 3.8) is 0 Å². The Morgan fingerprint density at radius 2 is 2.00 bits per heavy atom. The second-order valence-electron chi connectivity index (χ2n) is 2.18. The summed E-state index contributed by atoms with van der Waals surface area (Å²) in [6.45, 7) is 4.72. The Morgan fingerprint density at radius 3 is 2.36 bits per heavy atom. The van der Waals surface area contributed by atoms with Crippen LogP contribution in [0.15, 0.2) is 12.2 Å². The van der Waals surface area contributed by atoms with Crippen molar-refractivity contribution < 1.29 is 19.7 Å². The zero-order chi connectivity index (χ0) is 8.85. The van der Waals surface area contributed by atoms with Gasteiger partial charge >= 0.3 is 5.97 Å². The van der Waals surface area contributed by atoms with Crippen LogP contribution in [0.3, 0.4) is 0 Å². The number of hydrogen-bond acceptors (Lipinski definition) is 4. The fourth-order valence-corrected chi connectivity index (χ4v) is 0.494. The Bertz CT molecular complexity index is 183. The summed E-state index contributed by atoms with van der Waals surface area (Å²) >= 11 is 0. The van der Waals surface area contributed by atoms with E-state index in [-0.39, 0.29) is 24.2 Å². The van der Waals surface area contributed by atoms with E-state index in [4.69, 9.17) is 5.26 Å². The van der Waals surface area contributed by atoms with Crippen molar-refractivity contribution >= 4 is 11.8 Å². The first-order valence-corrected chi connectivity index (χ1v) is 3.11. The molecule has 0 amide bonds. The molecule has 0 atom stereocenters. The van der Waals surface area contributed by atoms with Gasteiger partial charge in [-0.3, -0.25) is 4.89 Å². The third-order valence-corrected chi connectivity index (χ3v) is 1.15. The zero-order valence-electron chi connectivity index (χ0n) is 6.29. The summed E-state index contributed by atoms with van der Waals surface area (Å²) in [4.78, 5) is 24.2. The molecule has 0 rings (SSSR count). The SMILES string of the molecule is C=C(CCC(C)=O)C(=O)OO. The van der Waals surface area contributed by atoms with Gasteiger partial charge in [0.15, 0.2) is 0 Å². The van der Waals surface area contributed by atoms with E-state index in [2.05, 4.69) is 11.5 Å². The van der Waals surface area contributed by atoms with Crippen molar-refractivity contribution in [2.75, 3.05) is 0 Å². The highest BCUT2D eigenvalue weighted by molar-refractivity contribution is 5.88. The minimum atomic E-state index is -0.883. The smallest absolute Gasteiger partial charge is 0.300 e. The molecular formula is C7H10O4. The molecule has 0 heterocycles. The molecule has 4 heteroatoms. The quantitative estimate of drug-likeness (QED) is 0.375. The molecule has 0 spiro atoms. The molecule has 0 aromatic carbocycles. The summed E-state index contributed by atoms with van der Waals surface area (Å²) in [6.07, 6.45) is 0.475. The number of rotatable bonds is 4. The van der Waals surface area contributed by atoms with Gasteiger partial charge in [0.25, 0.3) is 0 Å². The molecule has 0 aromatic heterocycles. The molecule has 11 heavy (non-hydrogen) atoms. The molecular weight excluding hydrogens is 148 g/mol. The fraction of sp³-hybridized carbons (Fsp3) is 0.429. The summed E-state index contributed by atoms with van der Waals surface area (Å²) in [7, 11) is 0. The molecule has 0 saturated carbocycles. The van der Waals surface area contributed by atoms with E-state index in [0.717, 1.165) is 0 Å². The van der Waals surface area contributed by atoms with E-state index in [9.17, 15) is 9.59 Å². The van der Waals surface area contributed by atoms with E-state index < -0.39 is 5.97 Å². The van der Waals surface area contributed by atoms with Gasteiger partial charge in [0.2, 0.25) is 0 Å². The zero-order valence-corrected chi connectivity index (χ0v) is 6.29. The lowest BCUT2D eigenvalue weighted by Crippen LogP contribution is -2.05. The van der Waals surface area contributed by atoms with Crippen molar-refractivity contribution in [3.05, 3.63) is 12.2 Å². The number of ketones is 1. The Labute approximate surface area is 64.4 Å². The summed E-state index contributed by atoms with van der Waals surface area (Å²) in [5, 5.41) is 7.88. The molecule has 0 aliphatic heterocycles. The van der Waals surface area contributed by atoms with Crippen LogP contribution in [0.1, 0.15) is 19.8 Å². The van der Waals surface area contributed by atoms with Crippen LogP contribution in [0, 0.1) is 0 Å². The van der Waals surface area contributed by atoms with Crippen molar-refractivity contribution in [1.29, 1.82) is 0 Å². The van der Waals surface area contributed by atoms with Gasteiger partial charge in [-0.05, 0) is 13.3 Å². The maximum absolute atomic E-state index is 10.4. The van der Waals surface area contributed by atoms with Crippen LogP contribution >= 0.6 is 0 Å². The first-order valence-electron chi connectivity index (χ1n) is 3.11.